The zero-order valence-electron chi connectivity index (χ0n) is 16.9. The molecule has 1 atom stereocenters. The second kappa shape index (κ2) is 7.49. The molecular formula is C23H25BrN2O2S. The number of benzene rings is 1. The Hall–Kier alpha value is -1.76. The van der Waals surface area contributed by atoms with Gasteiger partial charge in [-0.25, -0.2) is 4.98 Å². The number of Topliss-reactive ketones (excluding diaryl/α,β-unsaturated/α-hetero) is 1. The van der Waals surface area contributed by atoms with Gasteiger partial charge in [0.15, 0.2) is 10.9 Å². The third-order valence-corrected chi connectivity index (χ3v) is 7.74. The number of fused-ring (bicyclic) bond motifs is 1. The van der Waals surface area contributed by atoms with Gasteiger partial charge in [-0.3, -0.25) is 4.79 Å². The Balaban J connectivity index is 1.64. The zero-order valence-corrected chi connectivity index (χ0v) is 19.3. The molecule has 0 radical (unpaired) electrons. The molecule has 0 spiro atoms. The van der Waals surface area contributed by atoms with Gasteiger partial charge in [0, 0.05) is 29.5 Å². The van der Waals surface area contributed by atoms with Gasteiger partial charge in [-0.2, -0.15) is 0 Å². The highest BCUT2D eigenvalue weighted by Crippen LogP contribution is 2.55. The number of anilines is 1. The molecule has 152 valence electrons. The second-order valence-corrected chi connectivity index (χ2v) is 11.0. The minimum Gasteiger partial charge on any atom is -0.388 e. The molecule has 1 aliphatic heterocycles. The summed E-state index contributed by atoms with van der Waals surface area (Å²) in [6.45, 7) is 8.31. The fourth-order valence-electron chi connectivity index (χ4n) is 4.87. The van der Waals surface area contributed by atoms with Crippen molar-refractivity contribution in [2.45, 2.75) is 27.2 Å². The number of thiazole rings is 1. The van der Waals surface area contributed by atoms with Crippen molar-refractivity contribution in [1.29, 1.82) is 0 Å². The van der Waals surface area contributed by atoms with Crippen LogP contribution in [0.3, 0.4) is 0 Å². The summed E-state index contributed by atoms with van der Waals surface area (Å²) in [7, 11) is 0. The van der Waals surface area contributed by atoms with E-state index in [0.29, 0.717) is 5.56 Å². The maximum atomic E-state index is 11.7. The molecule has 2 aromatic rings. The van der Waals surface area contributed by atoms with E-state index in [1.165, 1.54) is 11.1 Å². The van der Waals surface area contributed by atoms with Gasteiger partial charge in [0.05, 0.1) is 9.98 Å². The Labute approximate surface area is 184 Å². The standard InChI is InChI=1S/C23H25BrN2O2S/c1-22(2)17(15-4-6-16(7-5-15)18(28)13-27)8-10-23(3)14-26(11-9-19(22)23)21-25-12-20(24)29-21/h4-9,12,27H,10-11,13-14H2,1-3H3/t23-/m1/s1. The van der Waals surface area contributed by atoms with Crippen LogP contribution in [0.25, 0.3) is 5.57 Å². The quantitative estimate of drug-likeness (QED) is 0.481. The number of carbonyl (C=O) groups is 1. The van der Waals surface area contributed by atoms with Crippen LogP contribution in [0.1, 0.15) is 43.1 Å². The molecule has 0 fully saturated rings. The number of carbonyl (C=O) groups excluding carboxylic acids is 1. The molecular weight excluding hydrogens is 448 g/mol. The maximum absolute atomic E-state index is 11.7. The van der Waals surface area contributed by atoms with Gasteiger partial charge in [0.1, 0.15) is 6.61 Å². The number of halogens is 1. The second-order valence-electron chi connectivity index (χ2n) is 8.61. The van der Waals surface area contributed by atoms with Crippen molar-refractivity contribution in [2.24, 2.45) is 10.8 Å². The number of aromatic nitrogens is 1. The van der Waals surface area contributed by atoms with Gasteiger partial charge >= 0.3 is 0 Å². The molecule has 29 heavy (non-hydrogen) atoms. The lowest BCUT2D eigenvalue weighted by Crippen LogP contribution is -2.46. The van der Waals surface area contributed by atoms with Gasteiger partial charge < -0.3 is 10.0 Å². The molecule has 1 aliphatic carbocycles. The third-order valence-electron chi connectivity index (χ3n) is 6.21. The van der Waals surface area contributed by atoms with Crippen LogP contribution >= 0.6 is 27.3 Å². The molecule has 1 aromatic heterocycles. The predicted octanol–water partition coefficient (Wildman–Crippen LogP) is 5.35. The Kier molecular flexibility index (Phi) is 5.30. The smallest absolute Gasteiger partial charge is 0.188 e. The minimum absolute atomic E-state index is 0.0657. The summed E-state index contributed by atoms with van der Waals surface area (Å²) in [5.74, 6) is -0.245. The summed E-state index contributed by atoms with van der Waals surface area (Å²) >= 11 is 5.20. The van der Waals surface area contributed by atoms with E-state index in [0.717, 1.165) is 34.0 Å². The molecule has 6 heteroatoms. The fourth-order valence-corrected chi connectivity index (χ4v) is 6.06. The monoisotopic (exact) mass is 472 g/mol. The lowest BCUT2D eigenvalue weighted by molar-refractivity contribution is 0.0903. The van der Waals surface area contributed by atoms with Crippen LogP contribution in [0.15, 0.2) is 52.0 Å². The first kappa shape index (κ1) is 20.5. The summed E-state index contributed by atoms with van der Waals surface area (Å²) in [5, 5.41) is 10.1. The van der Waals surface area contributed by atoms with Crippen LogP contribution in [0.4, 0.5) is 5.13 Å². The van der Waals surface area contributed by atoms with Crippen LogP contribution in [-0.4, -0.2) is 35.6 Å². The number of hydrogen-bond acceptors (Lipinski definition) is 5. The Bertz CT molecular complexity index is 1010. The Morgan fingerprint density at radius 2 is 1.97 bits per heavy atom. The van der Waals surface area contributed by atoms with E-state index in [9.17, 15) is 4.79 Å². The highest BCUT2D eigenvalue weighted by molar-refractivity contribution is 9.11. The van der Waals surface area contributed by atoms with Crippen molar-refractivity contribution < 1.29 is 9.90 Å². The van der Waals surface area contributed by atoms with Gasteiger partial charge in [-0.15, -0.1) is 0 Å². The molecule has 1 N–H and O–H groups in total. The van der Waals surface area contributed by atoms with E-state index in [-0.39, 0.29) is 16.6 Å². The molecule has 0 unspecified atom stereocenters. The van der Waals surface area contributed by atoms with Crippen LogP contribution in [0.2, 0.25) is 0 Å². The van der Waals surface area contributed by atoms with Gasteiger partial charge in [-0.05, 0) is 33.5 Å². The van der Waals surface area contributed by atoms with E-state index in [1.807, 2.05) is 30.5 Å². The predicted molar refractivity (Wildman–Crippen MR) is 122 cm³/mol. The zero-order chi connectivity index (χ0) is 20.8. The highest BCUT2D eigenvalue weighted by Gasteiger charge is 2.46. The minimum atomic E-state index is -0.453. The van der Waals surface area contributed by atoms with Crippen molar-refractivity contribution in [2.75, 3.05) is 24.6 Å². The van der Waals surface area contributed by atoms with Crippen LogP contribution in [0, 0.1) is 10.8 Å². The van der Waals surface area contributed by atoms with E-state index in [4.69, 9.17) is 5.11 Å². The number of rotatable bonds is 4. The SMILES string of the molecule is CC1(C)C(c2ccc(C(=O)CO)cc2)=CC[C@]2(C)CN(c3ncc(Br)s3)CC=C12. The molecule has 4 nitrogen and oxygen atoms in total. The average molecular weight is 473 g/mol. The van der Waals surface area contributed by atoms with E-state index in [2.05, 4.69) is 58.7 Å². The number of nitrogens with zero attached hydrogens (tertiary/aromatic N) is 2. The van der Waals surface area contributed by atoms with Gasteiger partial charge in [-0.1, -0.05) is 74.1 Å². The summed E-state index contributed by atoms with van der Waals surface area (Å²) in [4.78, 5) is 18.6. The van der Waals surface area contributed by atoms with Crippen molar-refractivity contribution in [3.05, 3.63) is 63.1 Å². The number of aliphatic hydroxyl groups excluding tert-OH is 1. The van der Waals surface area contributed by atoms with E-state index in [1.54, 1.807) is 11.3 Å². The number of aliphatic hydroxyl groups is 1. The summed E-state index contributed by atoms with van der Waals surface area (Å²) < 4.78 is 1.06. The van der Waals surface area contributed by atoms with Gasteiger partial charge in [0.2, 0.25) is 0 Å². The summed E-state index contributed by atoms with van der Waals surface area (Å²) in [6.07, 6.45) is 7.59. The van der Waals surface area contributed by atoms with Crippen molar-refractivity contribution in [3.8, 4) is 0 Å². The van der Waals surface area contributed by atoms with E-state index >= 15 is 0 Å². The normalized spacial score (nSPS) is 23.3. The first-order valence-corrected chi connectivity index (χ1v) is 11.4. The first-order valence-electron chi connectivity index (χ1n) is 9.77. The Morgan fingerprint density at radius 1 is 1.24 bits per heavy atom. The molecule has 1 aromatic carbocycles. The van der Waals surface area contributed by atoms with Crippen LogP contribution in [-0.2, 0) is 0 Å². The molecule has 2 heterocycles. The van der Waals surface area contributed by atoms with Crippen molar-refractivity contribution >= 4 is 43.8 Å². The molecule has 0 amide bonds. The Morgan fingerprint density at radius 3 is 2.59 bits per heavy atom. The highest BCUT2D eigenvalue weighted by atomic mass is 79.9. The van der Waals surface area contributed by atoms with Crippen LogP contribution in [0.5, 0.6) is 0 Å². The lowest BCUT2D eigenvalue weighted by Gasteiger charge is -2.50. The molecule has 0 bridgehead atoms. The average Bonchev–Trinajstić information content (AvgIpc) is 3.13. The summed E-state index contributed by atoms with van der Waals surface area (Å²) in [6, 6.07) is 7.63. The summed E-state index contributed by atoms with van der Waals surface area (Å²) in [5.41, 5.74) is 4.44. The maximum Gasteiger partial charge on any atom is 0.188 e. The number of hydrogen-bond donors (Lipinski definition) is 1. The first-order chi connectivity index (χ1) is 13.7. The van der Waals surface area contributed by atoms with Crippen LogP contribution < -0.4 is 4.90 Å². The fraction of sp³-hybridized carbons (Fsp3) is 0.391. The lowest BCUT2D eigenvalue weighted by atomic mass is 9.58. The molecule has 0 saturated carbocycles. The number of ketones is 1. The molecule has 4 rings (SSSR count). The number of allylic oxidation sites excluding steroid dienone is 2. The van der Waals surface area contributed by atoms with Crippen molar-refractivity contribution in [1.82, 2.24) is 4.98 Å². The van der Waals surface area contributed by atoms with Gasteiger partial charge in [0.25, 0.3) is 0 Å². The van der Waals surface area contributed by atoms with E-state index < -0.39 is 6.61 Å². The third kappa shape index (κ3) is 3.62. The largest absolute Gasteiger partial charge is 0.388 e. The molecule has 2 aliphatic rings. The van der Waals surface area contributed by atoms with Crippen molar-refractivity contribution in [3.63, 3.8) is 0 Å². The topological polar surface area (TPSA) is 53.4 Å². The molecule has 0 saturated heterocycles.